The predicted molar refractivity (Wildman–Crippen MR) is 105 cm³/mol. The Hall–Kier alpha value is -2.78. The Morgan fingerprint density at radius 1 is 0.962 bits per heavy atom. The molecule has 0 aliphatic carbocycles. The van der Waals surface area contributed by atoms with E-state index in [9.17, 15) is 4.79 Å². The molecular weight excluding hydrogens is 344 g/mol. The highest BCUT2D eigenvalue weighted by atomic mass is 35.5. The van der Waals surface area contributed by atoms with Gasteiger partial charge < -0.3 is 10.2 Å². The molecule has 3 nitrogen and oxygen atoms in total. The molecule has 4 heteroatoms. The van der Waals surface area contributed by atoms with Crippen LogP contribution >= 0.6 is 11.6 Å². The minimum absolute atomic E-state index is 0.0186. The fraction of sp³-hybridized carbons (Fsp3) is 0.136. The van der Waals surface area contributed by atoms with E-state index in [1.165, 1.54) is 5.56 Å². The zero-order chi connectivity index (χ0) is 18.1. The van der Waals surface area contributed by atoms with Crippen LogP contribution in [0.1, 0.15) is 33.2 Å². The Morgan fingerprint density at radius 3 is 2.42 bits per heavy atom. The van der Waals surface area contributed by atoms with Crippen molar-refractivity contribution in [1.82, 2.24) is 4.90 Å². The van der Waals surface area contributed by atoms with Gasteiger partial charge in [0.1, 0.15) is 6.17 Å². The van der Waals surface area contributed by atoms with E-state index in [1.54, 1.807) is 0 Å². The molecule has 1 unspecified atom stereocenters. The number of hydrogen-bond acceptors (Lipinski definition) is 2. The number of halogens is 1. The third-order valence-electron chi connectivity index (χ3n) is 4.71. The molecule has 0 fully saturated rings. The lowest BCUT2D eigenvalue weighted by atomic mass is 10.1. The fourth-order valence-corrected chi connectivity index (χ4v) is 3.50. The summed E-state index contributed by atoms with van der Waals surface area (Å²) in [6.07, 6.45) is -0.224. The smallest absolute Gasteiger partial charge is 0.256 e. The second-order valence-electron chi connectivity index (χ2n) is 6.52. The maximum absolute atomic E-state index is 13.0. The van der Waals surface area contributed by atoms with Crippen molar-refractivity contribution in [2.75, 3.05) is 5.32 Å². The quantitative estimate of drug-likeness (QED) is 0.672. The van der Waals surface area contributed by atoms with E-state index >= 15 is 0 Å². The first-order valence-electron chi connectivity index (χ1n) is 8.60. The van der Waals surface area contributed by atoms with Crippen molar-refractivity contribution in [2.24, 2.45) is 0 Å². The molecule has 4 rings (SSSR count). The summed E-state index contributed by atoms with van der Waals surface area (Å²) in [5.74, 6) is 0.0186. The Kier molecular flexibility index (Phi) is 4.39. The van der Waals surface area contributed by atoms with Crippen molar-refractivity contribution < 1.29 is 4.79 Å². The van der Waals surface area contributed by atoms with Gasteiger partial charge >= 0.3 is 0 Å². The first-order valence-corrected chi connectivity index (χ1v) is 8.98. The van der Waals surface area contributed by atoms with Crippen LogP contribution in [0.15, 0.2) is 72.8 Å². The number of carbonyl (C=O) groups excluding carboxylic acids is 1. The number of anilines is 1. The Labute approximate surface area is 158 Å². The largest absolute Gasteiger partial charge is 0.361 e. The lowest BCUT2D eigenvalue weighted by Gasteiger charge is -2.27. The number of hydrogen-bond donors (Lipinski definition) is 1. The van der Waals surface area contributed by atoms with Crippen molar-refractivity contribution in [1.29, 1.82) is 0 Å². The van der Waals surface area contributed by atoms with Gasteiger partial charge in [0.05, 0.1) is 0 Å². The molecule has 1 amide bonds. The molecule has 130 valence electrons. The maximum atomic E-state index is 13.0. The van der Waals surface area contributed by atoms with Crippen LogP contribution in [0.4, 0.5) is 5.69 Å². The normalized spacial score (nSPS) is 15.8. The van der Waals surface area contributed by atoms with E-state index in [4.69, 9.17) is 11.6 Å². The molecule has 3 aromatic rings. The third-order valence-corrected chi connectivity index (χ3v) is 5.08. The molecule has 26 heavy (non-hydrogen) atoms. The van der Waals surface area contributed by atoms with Gasteiger partial charge in [0.2, 0.25) is 0 Å². The van der Waals surface area contributed by atoms with Crippen molar-refractivity contribution in [3.63, 3.8) is 0 Å². The van der Waals surface area contributed by atoms with Crippen LogP contribution in [-0.2, 0) is 6.54 Å². The summed E-state index contributed by atoms with van der Waals surface area (Å²) in [6.45, 7) is 2.51. The summed E-state index contributed by atoms with van der Waals surface area (Å²) < 4.78 is 0. The highest BCUT2D eigenvalue weighted by Crippen LogP contribution is 2.36. The summed E-state index contributed by atoms with van der Waals surface area (Å²) in [4.78, 5) is 14.8. The summed E-state index contributed by atoms with van der Waals surface area (Å²) >= 11 is 6.33. The molecule has 0 saturated carbocycles. The molecule has 0 saturated heterocycles. The first-order chi connectivity index (χ1) is 12.6. The lowest BCUT2D eigenvalue weighted by Crippen LogP contribution is -2.32. The van der Waals surface area contributed by atoms with Gasteiger partial charge in [0.15, 0.2) is 0 Å². The van der Waals surface area contributed by atoms with Crippen LogP contribution in [0.2, 0.25) is 5.02 Å². The summed E-state index contributed by atoms with van der Waals surface area (Å²) in [5.41, 5.74) is 4.85. The number of aryl methyl sites for hydroxylation is 1. The molecule has 1 aliphatic heterocycles. The molecule has 1 heterocycles. The standard InChI is InChI=1S/C22H19ClN2O/c1-15-10-12-17(13-11-15)24-21-18-7-3-4-8-19(18)22(26)25(21)14-16-6-2-5-9-20(16)23/h2-13,21,24H,14H2,1H3. The second kappa shape index (κ2) is 6.85. The van der Waals surface area contributed by atoms with Gasteiger partial charge in [0, 0.05) is 28.4 Å². The van der Waals surface area contributed by atoms with Gasteiger partial charge in [-0.1, -0.05) is 65.7 Å². The van der Waals surface area contributed by atoms with Gasteiger partial charge in [-0.25, -0.2) is 0 Å². The predicted octanol–water partition coefficient (Wildman–Crippen LogP) is 5.42. The van der Waals surface area contributed by atoms with E-state index < -0.39 is 0 Å². The van der Waals surface area contributed by atoms with Crippen molar-refractivity contribution in [3.8, 4) is 0 Å². The number of rotatable bonds is 4. The van der Waals surface area contributed by atoms with Gasteiger partial charge in [0.25, 0.3) is 5.91 Å². The third kappa shape index (κ3) is 3.06. The fourth-order valence-electron chi connectivity index (χ4n) is 3.31. The van der Waals surface area contributed by atoms with Crippen LogP contribution in [0, 0.1) is 6.92 Å². The molecule has 1 aliphatic rings. The van der Waals surface area contributed by atoms with Gasteiger partial charge in [-0.15, -0.1) is 0 Å². The number of nitrogens with one attached hydrogen (secondary N) is 1. The highest BCUT2D eigenvalue weighted by molar-refractivity contribution is 6.31. The minimum atomic E-state index is -0.224. The van der Waals surface area contributed by atoms with E-state index in [1.807, 2.05) is 65.6 Å². The number of fused-ring (bicyclic) bond motifs is 1. The number of nitrogens with zero attached hydrogens (tertiary/aromatic N) is 1. The zero-order valence-corrected chi connectivity index (χ0v) is 15.2. The summed E-state index contributed by atoms with van der Waals surface area (Å²) in [6, 6.07) is 23.6. The molecule has 1 N–H and O–H groups in total. The average Bonchev–Trinajstić information content (AvgIpc) is 2.91. The van der Waals surface area contributed by atoms with Crippen LogP contribution in [0.5, 0.6) is 0 Å². The number of amides is 1. The Bertz CT molecular complexity index is 952. The van der Waals surface area contributed by atoms with Crippen molar-refractivity contribution in [2.45, 2.75) is 19.6 Å². The molecule has 0 aromatic heterocycles. The van der Waals surface area contributed by atoms with Crippen LogP contribution in [0.3, 0.4) is 0 Å². The van der Waals surface area contributed by atoms with Crippen molar-refractivity contribution >= 4 is 23.2 Å². The van der Waals surface area contributed by atoms with Gasteiger partial charge in [-0.3, -0.25) is 4.79 Å². The summed E-state index contributed by atoms with van der Waals surface area (Å²) in [7, 11) is 0. The SMILES string of the molecule is Cc1ccc(NC2c3ccccc3C(=O)N2Cc2ccccc2Cl)cc1. The monoisotopic (exact) mass is 362 g/mol. The first kappa shape index (κ1) is 16.7. The number of benzene rings is 3. The molecule has 0 spiro atoms. The van der Waals surface area contributed by atoms with Gasteiger partial charge in [-0.2, -0.15) is 0 Å². The molecule has 0 bridgehead atoms. The lowest BCUT2D eigenvalue weighted by molar-refractivity contribution is 0.0729. The maximum Gasteiger partial charge on any atom is 0.256 e. The Morgan fingerprint density at radius 2 is 1.65 bits per heavy atom. The molecule has 1 atom stereocenters. The highest BCUT2D eigenvalue weighted by Gasteiger charge is 2.36. The van der Waals surface area contributed by atoms with E-state index in [0.717, 1.165) is 22.4 Å². The van der Waals surface area contributed by atoms with Crippen molar-refractivity contribution in [3.05, 3.63) is 100 Å². The summed E-state index contributed by atoms with van der Waals surface area (Å²) in [5, 5.41) is 4.18. The number of carbonyl (C=O) groups is 1. The van der Waals surface area contributed by atoms with E-state index in [0.29, 0.717) is 11.6 Å². The van der Waals surface area contributed by atoms with Crippen LogP contribution < -0.4 is 5.32 Å². The Balaban J connectivity index is 1.70. The topological polar surface area (TPSA) is 32.3 Å². The van der Waals surface area contributed by atoms with E-state index in [-0.39, 0.29) is 12.1 Å². The molecular formula is C22H19ClN2O. The zero-order valence-electron chi connectivity index (χ0n) is 14.4. The minimum Gasteiger partial charge on any atom is -0.361 e. The van der Waals surface area contributed by atoms with Crippen LogP contribution in [0.25, 0.3) is 0 Å². The van der Waals surface area contributed by atoms with E-state index in [2.05, 4.69) is 24.4 Å². The average molecular weight is 363 g/mol. The molecule has 0 radical (unpaired) electrons. The molecule has 3 aromatic carbocycles. The second-order valence-corrected chi connectivity index (χ2v) is 6.93. The van der Waals surface area contributed by atoms with Gasteiger partial charge in [-0.05, 0) is 36.8 Å². The van der Waals surface area contributed by atoms with Crippen LogP contribution in [-0.4, -0.2) is 10.8 Å².